The number of amides is 1. The van der Waals surface area contributed by atoms with Gasteiger partial charge in [-0.25, -0.2) is 8.42 Å². The van der Waals surface area contributed by atoms with Gasteiger partial charge in [0, 0.05) is 5.54 Å². The second-order valence-electron chi connectivity index (χ2n) is 7.58. The van der Waals surface area contributed by atoms with Gasteiger partial charge in [0.2, 0.25) is 0 Å². The molecule has 140 valence electrons. The first-order chi connectivity index (χ1) is 12.0. The van der Waals surface area contributed by atoms with Crippen LogP contribution in [0, 0.1) is 0 Å². The highest BCUT2D eigenvalue weighted by molar-refractivity contribution is 7.92. The Labute approximate surface area is 155 Å². The molecule has 0 saturated heterocycles. The van der Waals surface area contributed by atoms with E-state index in [9.17, 15) is 13.2 Å². The minimum atomic E-state index is -3.79. The Hall–Kier alpha value is -2.34. The fourth-order valence-electron chi connectivity index (χ4n) is 2.41. The van der Waals surface area contributed by atoms with Crippen LogP contribution in [0.2, 0.25) is 0 Å². The lowest BCUT2D eigenvalue weighted by Crippen LogP contribution is -2.40. The third kappa shape index (κ3) is 5.08. The van der Waals surface area contributed by atoms with Gasteiger partial charge in [-0.3, -0.25) is 9.52 Å². The van der Waals surface area contributed by atoms with Gasteiger partial charge < -0.3 is 5.32 Å². The van der Waals surface area contributed by atoms with Crippen LogP contribution in [0.25, 0.3) is 0 Å². The van der Waals surface area contributed by atoms with Crippen molar-refractivity contribution in [2.75, 3.05) is 4.72 Å². The minimum absolute atomic E-state index is 0.160. The largest absolute Gasteiger partial charge is 0.347 e. The summed E-state index contributed by atoms with van der Waals surface area (Å²) in [7, 11) is -3.79. The van der Waals surface area contributed by atoms with Crippen molar-refractivity contribution in [1.82, 2.24) is 5.32 Å². The molecule has 0 aliphatic carbocycles. The van der Waals surface area contributed by atoms with E-state index < -0.39 is 15.6 Å². The molecule has 2 aromatic rings. The van der Waals surface area contributed by atoms with Crippen molar-refractivity contribution in [1.29, 1.82) is 0 Å². The van der Waals surface area contributed by atoms with E-state index in [-0.39, 0.29) is 22.1 Å². The average Bonchev–Trinajstić information content (AvgIpc) is 2.53. The fraction of sp³-hybridized carbons (Fsp3) is 0.350. The minimum Gasteiger partial charge on any atom is -0.347 e. The smallest absolute Gasteiger partial charge is 0.261 e. The summed E-state index contributed by atoms with van der Waals surface area (Å²) < 4.78 is 27.9. The van der Waals surface area contributed by atoms with Crippen molar-refractivity contribution in [2.45, 2.75) is 51.0 Å². The fourth-order valence-corrected chi connectivity index (χ4v) is 3.49. The number of rotatable bonds is 5. The predicted molar refractivity (Wildman–Crippen MR) is 105 cm³/mol. The van der Waals surface area contributed by atoms with Crippen LogP contribution in [0.1, 0.15) is 56.5 Å². The monoisotopic (exact) mass is 374 g/mol. The molecule has 0 bridgehead atoms. The second-order valence-corrected chi connectivity index (χ2v) is 9.26. The standard InChI is InChI=1S/C20H26N2O3S/c1-14(2)15-10-12-16(13-11-15)26(24,25)22-18-9-7-6-8-17(18)19(23)21-20(3,4)5/h6-14,22H,1-5H3,(H,21,23). The third-order valence-electron chi connectivity index (χ3n) is 3.76. The third-order valence-corrected chi connectivity index (χ3v) is 5.14. The molecule has 2 aromatic carbocycles. The maximum absolute atomic E-state index is 12.7. The SMILES string of the molecule is CC(C)c1ccc(S(=O)(=O)Nc2ccccc2C(=O)NC(C)(C)C)cc1. The van der Waals surface area contributed by atoms with Crippen molar-refractivity contribution >= 4 is 21.6 Å². The van der Waals surface area contributed by atoms with Crippen molar-refractivity contribution in [3.05, 3.63) is 59.7 Å². The Balaban J connectivity index is 2.31. The van der Waals surface area contributed by atoms with E-state index in [4.69, 9.17) is 0 Å². The number of anilines is 1. The summed E-state index contributed by atoms with van der Waals surface area (Å²) in [6.07, 6.45) is 0. The number of carbonyl (C=O) groups is 1. The van der Waals surface area contributed by atoms with Crippen LogP contribution in [0.3, 0.4) is 0 Å². The summed E-state index contributed by atoms with van der Waals surface area (Å²) in [5.74, 6) is -0.00695. The molecule has 0 fully saturated rings. The highest BCUT2D eigenvalue weighted by atomic mass is 32.2. The zero-order valence-corrected chi connectivity index (χ0v) is 16.6. The lowest BCUT2D eigenvalue weighted by molar-refractivity contribution is 0.0920. The molecule has 0 aromatic heterocycles. The van der Waals surface area contributed by atoms with Gasteiger partial charge in [-0.1, -0.05) is 38.1 Å². The van der Waals surface area contributed by atoms with E-state index in [1.165, 1.54) is 0 Å². The molecule has 2 N–H and O–H groups in total. The molecular weight excluding hydrogens is 348 g/mol. The van der Waals surface area contributed by atoms with Crippen molar-refractivity contribution < 1.29 is 13.2 Å². The molecule has 0 aliphatic heterocycles. The Bertz CT molecular complexity index is 880. The Morgan fingerprint density at radius 1 is 0.962 bits per heavy atom. The van der Waals surface area contributed by atoms with Gasteiger partial charge in [0.05, 0.1) is 16.1 Å². The van der Waals surface area contributed by atoms with E-state index in [0.29, 0.717) is 5.92 Å². The average molecular weight is 375 g/mol. The Morgan fingerprint density at radius 2 is 1.54 bits per heavy atom. The van der Waals surface area contributed by atoms with Gasteiger partial charge >= 0.3 is 0 Å². The van der Waals surface area contributed by atoms with Crippen LogP contribution < -0.4 is 10.0 Å². The number of benzene rings is 2. The lowest BCUT2D eigenvalue weighted by Gasteiger charge is -2.21. The molecule has 2 rings (SSSR count). The zero-order valence-electron chi connectivity index (χ0n) is 15.8. The molecule has 0 spiro atoms. The maximum atomic E-state index is 12.7. The first-order valence-electron chi connectivity index (χ1n) is 8.54. The van der Waals surface area contributed by atoms with Gasteiger partial charge in [0.1, 0.15) is 0 Å². The predicted octanol–water partition coefficient (Wildman–Crippen LogP) is 4.14. The topological polar surface area (TPSA) is 75.3 Å². The van der Waals surface area contributed by atoms with Gasteiger partial charge in [-0.2, -0.15) is 0 Å². The highest BCUT2D eigenvalue weighted by Crippen LogP contribution is 2.22. The zero-order chi connectivity index (χ0) is 19.5. The summed E-state index contributed by atoms with van der Waals surface area (Å²) in [5.41, 5.74) is 1.18. The quantitative estimate of drug-likeness (QED) is 0.826. The van der Waals surface area contributed by atoms with E-state index in [0.717, 1.165) is 5.56 Å². The molecule has 5 nitrogen and oxygen atoms in total. The van der Waals surface area contributed by atoms with Crippen LogP contribution in [0.15, 0.2) is 53.4 Å². The van der Waals surface area contributed by atoms with Gasteiger partial charge in [0.15, 0.2) is 0 Å². The molecule has 0 atom stereocenters. The first-order valence-corrected chi connectivity index (χ1v) is 10.0. The van der Waals surface area contributed by atoms with Crippen LogP contribution in [-0.2, 0) is 10.0 Å². The second kappa shape index (κ2) is 7.50. The van der Waals surface area contributed by atoms with Crippen LogP contribution >= 0.6 is 0 Å². The van der Waals surface area contributed by atoms with Gasteiger partial charge in [-0.15, -0.1) is 0 Å². The summed E-state index contributed by atoms with van der Waals surface area (Å²) in [5, 5.41) is 2.85. The lowest BCUT2D eigenvalue weighted by atomic mass is 10.0. The molecular formula is C20H26N2O3S. The summed E-state index contributed by atoms with van der Waals surface area (Å²) in [6.45, 7) is 9.70. The molecule has 0 saturated carbocycles. The first kappa shape index (κ1) is 20.0. The molecule has 26 heavy (non-hydrogen) atoms. The van der Waals surface area contributed by atoms with E-state index in [2.05, 4.69) is 10.0 Å². The molecule has 0 radical (unpaired) electrons. The van der Waals surface area contributed by atoms with Crippen LogP contribution in [0.5, 0.6) is 0 Å². The van der Waals surface area contributed by atoms with Crippen molar-refractivity contribution in [3.8, 4) is 0 Å². The van der Waals surface area contributed by atoms with Crippen LogP contribution in [-0.4, -0.2) is 19.9 Å². The van der Waals surface area contributed by atoms with Crippen molar-refractivity contribution in [3.63, 3.8) is 0 Å². The number of hydrogen-bond acceptors (Lipinski definition) is 3. The highest BCUT2D eigenvalue weighted by Gasteiger charge is 2.21. The Morgan fingerprint density at radius 3 is 2.08 bits per heavy atom. The number of sulfonamides is 1. The van der Waals surface area contributed by atoms with Crippen LogP contribution in [0.4, 0.5) is 5.69 Å². The summed E-state index contributed by atoms with van der Waals surface area (Å²) in [6, 6.07) is 13.3. The summed E-state index contributed by atoms with van der Waals surface area (Å²) >= 11 is 0. The maximum Gasteiger partial charge on any atom is 0.261 e. The molecule has 0 unspecified atom stereocenters. The molecule has 0 heterocycles. The van der Waals surface area contributed by atoms with E-state index in [1.807, 2.05) is 34.6 Å². The number of carbonyl (C=O) groups excluding carboxylic acids is 1. The Kier molecular flexibility index (Phi) is 5.76. The summed E-state index contributed by atoms with van der Waals surface area (Å²) in [4.78, 5) is 12.6. The number of nitrogens with one attached hydrogen (secondary N) is 2. The molecule has 0 aliphatic rings. The van der Waals surface area contributed by atoms with Gasteiger partial charge in [0.25, 0.3) is 15.9 Å². The molecule has 1 amide bonds. The van der Waals surface area contributed by atoms with E-state index >= 15 is 0 Å². The molecule has 6 heteroatoms. The normalized spacial score (nSPS) is 12.1. The van der Waals surface area contributed by atoms with E-state index in [1.54, 1.807) is 48.5 Å². The van der Waals surface area contributed by atoms with Gasteiger partial charge in [-0.05, 0) is 56.5 Å². The number of hydrogen-bond donors (Lipinski definition) is 2. The number of para-hydroxylation sites is 1. The van der Waals surface area contributed by atoms with Crippen molar-refractivity contribution in [2.24, 2.45) is 0 Å².